The molecule has 6 nitrogen and oxygen atoms in total. The summed E-state index contributed by atoms with van der Waals surface area (Å²) in [6.45, 7) is 7.22. The van der Waals surface area contributed by atoms with Gasteiger partial charge in [-0.25, -0.2) is 9.98 Å². The van der Waals surface area contributed by atoms with Gasteiger partial charge >= 0.3 is 0 Å². The number of hydrogen-bond acceptors (Lipinski definition) is 7. The fourth-order valence-electron chi connectivity index (χ4n) is 3.91. The highest BCUT2D eigenvalue weighted by Gasteiger charge is 2.26. The Morgan fingerprint density at radius 3 is 2.85 bits per heavy atom. The highest BCUT2D eigenvalue weighted by atomic mass is 32.1. The monoisotopic (exact) mass is 372 g/mol. The largest absolute Gasteiger partial charge is 0.383 e. The van der Waals surface area contributed by atoms with Crippen molar-refractivity contribution in [1.29, 1.82) is 0 Å². The molecule has 1 fully saturated rings. The SMILES string of the molecule is CCCc1cc(N2CCCN(C)CC2)nc2sc3c(c12)N(C)CN=C3N. The predicted octanol–water partition coefficient (Wildman–Crippen LogP) is 2.50. The average Bonchev–Trinajstić information content (AvgIpc) is 2.89. The molecule has 7 heteroatoms. The number of aromatic nitrogens is 1. The van der Waals surface area contributed by atoms with Crippen molar-refractivity contribution in [1.82, 2.24) is 9.88 Å². The zero-order chi connectivity index (χ0) is 18.3. The van der Waals surface area contributed by atoms with E-state index >= 15 is 0 Å². The molecule has 0 aliphatic carbocycles. The lowest BCUT2D eigenvalue weighted by molar-refractivity contribution is 0.360. The summed E-state index contributed by atoms with van der Waals surface area (Å²) in [5.41, 5.74) is 8.81. The van der Waals surface area contributed by atoms with Crippen LogP contribution in [0.25, 0.3) is 10.2 Å². The van der Waals surface area contributed by atoms with Gasteiger partial charge in [0.25, 0.3) is 0 Å². The Hall–Kier alpha value is -1.86. The van der Waals surface area contributed by atoms with Gasteiger partial charge in [-0.2, -0.15) is 0 Å². The Labute approximate surface area is 159 Å². The second-order valence-corrected chi connectivity index (χ2v) is 8.38. The van der Waals surface area contributed by atoms with Crippen molar-refractivity contribution in [3.05, 3.63) is 16.5 Å². The molecule has 0 spiro atoms. The van der Waals surface area contributed by atoms with Gasteiger partial charge in [0.2, 0.25) is 0 Å². The first kappa shape index (κ1) is 17.5. The summed E-state index contributed by atoms with van der Waals surface area (Å²) < 4.78 is 0. The molecule has 2 aromatic heterocycles. The van der Waals surface area contributed by atoms with E-state index < -0.39 is 0 Å². The minimum atomic E-state index is 0.621. The van der Waals surface area contributed by atoms with E-state index in [-0.39, 0.29) is 0 Å². The van der Waals surface area contributed by atoms with Gasteiger partial charge in [-0.3, -0.25) is 0 Å². The number of rotatable bonds is 3. The van der Waals surface area contributed by atoms with Gasteiger partial charge < -0.3 is 20.4 Å². The standard InChI is InChI=1S/C19H28N6S/c1-4-6-13-11-14(25-8-5-7-23(2)9-10-25)22-19-15(13)16-17(26-19)18(20)21-12-24(16)3/h11H,4-10,12H2,1-3H3,(H2,20,21). The van der Waals surface area contributed by atoms with Crippen LogP contribution >= 0.6 is 11.3 Å². The lowest BCUT2D eigenvalue weighted by Gasteiger charge is -2.24. The molecule has 0 amide bonds. The molecule has 4 heterocycles. The van der Waals surface area contributed by atoms with E-state index in [2.05, 4.69) is 46.8 Å². The minimum absolute atomic E-state index is 0.621. The smallest absolute Gasteiger partial charge is 0.140 e. The Morgan fingerprint density at radius 1 is 1.19 bits per heavy atom. The van der Waals surface area contributed by atoms with E-state index in [9.17, 15) is 0 Å². The van der Waals surface area contributed by atoms with Crippen LogP contribution in [0.15, 0.2) is 11.1 Å². The number of nitrogens with zero attached hydrogens (tertiary/aromatic N) is 5. The number of hydrogen-bond donors (Lipinski definition) is 1. The van der Waals surface area contributed by atoms with Crippen molar-refractivity contribution in [3.8, 4) is 0 Å². The van der Waals surface area contributed by atoms with E-state index in [0.29, 0.717) is 12.5 Å². The van der Waals surface area contributed by atoms with Crippen molar-refractivity contribution >= 4 is 38.9 Å². The molecule has 0 saturated carbocycles. The fourth-order valence-corrected chi connectivity index (χ4v) is 5.10. The van der Waals surface area contributed by atoms with E-state index in [0.717, 1.165) is 54.5 Å². The van der Waals surface area contributed by atoms with Crippen molar-refractivity contribution in [2.45, 2.75) is 26.2 Å². The highest BCUT2D eigenvalue weighted by molar-refractivity contribution is 7.21. The third-order valence-electron chi connectivity index (χ3n) is 5.34. The molecule has 0 atom stereocenters. The zero-order valence-electron chi connectivity index (χ0n) is 16.0. The first-order valence-corrected chi connectivity index (χ1v) is 10.3. The molecule has 2 aliphatic heterocycles. The van der Waals surface area contributed by atoms with Crippen LogP contribution in [0.3, 0.4) is 0 Å². The number of aliphatic imine (C=N–C) groups is 1. The molecule has 0 unspecified atom stereocenters. The highest BCUT2D eigenvalue weighted by Crippen LogP contribution is 2.42. The maximum Gasteiger partial charge on any atom is 0.140 e. The molecule has 0 bridgehead atoms. The van der Waals surface area contributed by atoms with Crippen molar-refractivity contribution in [3.63, 3.8) is 0 Å². The molecular weight excluding hydrogens is 344 g/mol. The summed E-state index contributed by atoms with van der Waals surface area (Å²) in [5.74, 6) is 1.77. The van der Waals surface area contributed by atoms with Crippen LogP contribution in [0, 0.1) is 0 Å². The molecule has 2 aromatic rings. The number of thiophene rings is 1. The van der Waals surface area contributed by atoms with Crippen LogP contribution < -0.4 is 15.5 Å². The average molecular weight is 373 g/mol. The van der Waals surface area contributed by atoms with Gasteiger partial charge in [-0.1, -0.05) is 13.3 Å². The molecule has 1 saturated heterocycles. The Balaban J connectivity index is 1.83. The molecular formula is C19H28N6S. The first-order chi connectivity index (χ1) is 12.6. The third kappa shape index (κ3) is 3.03. The molecule has 26 heavy (non-hydrogen) atoms. The number of aryl methyl sites for hydroxylation is 1. The van der Waals surface area contributed by atoms with Gasteiger partial charge in [0.05, 0.1) is 10.6 Å². The van der Waals surface area contributed by atoms with E-state index in [4.69, 9.17) is 10.7 Å². The second kappa shape index (κ2) is 7.04. The summed E-state index contributed by atoms with van der Waals surface area (Å²) in [7, 11) is 4.29. The van der Waals surface area contributed by atoms with E-state index in [1.807, 2.05) is 0 Å². The van der Waals surface area contributed by atoms with Crippen LogP contribution in [0.2, 0.25) is 0 Å². The lowest BCUT2D eigenvalue weighted by Crippen LogP contribution is -2.29. The van der Waals surface area contributed by atoms with Gasteiger partial charge in [0, 0.05) is 32.1 Å². The molecule has 0 aromatic carbocycles. The van der Waals surface area contributed by atoms with Crippen LogP contribution in [0.1, 0.15) is 30.2 Å². The molecule has 2 N–H and O–H groups in total. The first-order valence-electron chi connectivity index (χ1n) is 9.49. The predicted molar refractivity (Wildman–Crippen MR) is 112 cm³/mol. The van der Waals surface area contributed by atoms with Crippen molar-refractivity contribution in [2.75, 3.05) is 56.7 Å². The summed E-state index contributed by atoms with van der Waals surface area (Å²) in [5, 5.41) is 1.28. The summed E-state index contributed by atoms with van der Waals surface area (Å²) in [6.07, 6.45) is 3.37. The number of pyridine rings is 1. The third-order valence-corrected chi connectivity index (χ3v) is 6.43. The summed E-state index contributed by atoms with van der Waals surface area (Å²) in [6, 6.07) is 2.32. The van der Waals surface area contributed by atoms with Gasteiger partial charge in [-0.15, -0.1) is 11.3 Å². The molecule has 0 radical (unpaired) electrons. The number of amidine groups is 1. The van der Waals surface area contributed by atoms with Crippen molar-refractivity contribution in [2.24, 2.45) is 10.7 Å². The van der Waals surface area contributed by atoms with E-state index in [1.165, 1.54) is 23.1 Å². The Bertz CT molecular complexity index is 842. The van der Waals surface area contributed by atoms with Crippen LogP contribution in [-0.2, 0) is 6.42 Å². The number of likely N-dealkylation sites (N-methyl/N-ethyl adjacent to an activating group) is 1. The maximum absolute atomic E-state index is 6.20. The fraction of sp³-hybridized carbons (Fsp3) is 0.579. The van der Waals surface area contributed by atoms with Crippen LogP contribution in [0.5, 0.6) is 0 Å². The number of anilines is 2. The summed E-state index contributed by atoms with van der Waals surface area (Å²) >= 11 is 1.69. The van der Waals surface area contributed by atoms with Crippen LogP contribution in [-0.4, -0.2) is 62.7 Å². The second-order valence-electron chi connectivity index (χ2n) is 7.38. The maximum atomic E-state index is 6.20. The summed E-state index contributed by atoms with van der Waals surface area (Å²) in [4.78, 5) is 18.7. The van der Waals surface area contributed by atoms with Gasteiger partial charge in [0.1, 0.15) is 23.2 Å². The van der Waals surface area contributed by atoms with Gasteiger partial charge in [-0.05, 0) is 38.1 Å². The number of nitrogens with two attached hydrogens (primary N) is 1. The van der Waals surface area contributed by atoms with Crippen LogP contribution in [0.4, 0.5) is 11.5 Å². The topological polar surface area (TPSA) is 61.0 Å². The number of fused-ring (bicyclic) bond motifs is 3. The van der Waals surface area contributed by atoms with E-state index in [1.54, 1.807) is 11.3 Å². The minimum Gasteiger partial charge on any atom is -0.383 e. The zero-order valence-corrected chi connectivity index (χ0v) is 16.8. The van der Waals surface area contributed by atoms with Crippen molar-refractivity contribution < 1.29 is 0 Å². The quantitative estimate of drug-likeness (QED) is 0.897. The normalized spacial score (nSPS) is 18.8. The van der Waals surface area contributed by atoms with Gasteiger partial charge in [0.15, 0.2) is 0 Å². The Kier molecular flexibility index (Phi) is 4.75. The molecule has 2 aliphatic rings. The lowest BCUT2D eigenvalue weighted by atomic mass is 10.0. The molecule has 140 valence electrons. The Morgan fingerprint density at radius 2 is 2.04 bits per heavy atom. The molecule has 4 rings (SSSR count).